The minimum Gasteiger partial charge on any atom is -0.409 e. The zero-order valence-corrected chi connectivity index (χ0v) is 9.81. The minimum absolute atomic E-state index is 0.0163. The maximum atomic E-state index is 11.7. The molecule has 2 atom stereocenters. The fourth-order valence-corrected chi connectivity index (χ4v) is 1.97. The molecule has 6 nitrogen and oxygen atoms in total. The Morgan fingerprint density at radius 2 is 2.31 bits per heavy atom. The van der Waals surface area contributed by atoms with Gasteiger partial charge in [-0.15, -0.1) is 0 Å². The van der Waals surface area contributed by atoms with Gasteiger partial charge in [0.1, 0.15) is 5.84 Å². The fraction of sp³-hybridized carbons (Fsp3) is 0.800. The number of amides is 2. The number of hydrogen-bond donors (Lipinski definition) is 3. The van der Waals surface area contributed by atoms with Gasteiger partial charge in [-0.25, -0.2) is 4.79 Å². The lowest BCUT2D eigenvalue weighted by Crippen LogP contribution is -2.47. The molecule has 1 rings (SSSR count). The lowest BCUT2D eigenvalue weighted by Gasteiger charge is -2.23. The zero-order valence-electron chi connectivity index (χ0n) is 9.81. The number of carbonyl (C=O) groups excluding carboxylic acids is 1. The van der Waals surface area contributed by atoms with Crippen molar-refractivity contribution in [3.63, 3.8) is 0 Å². The Balaban J connectivity index is 2.56. The van der Waals surface area contributed by atoms with Crippen molar-refractivity contribution in [1.82, 2.24) is 10.2 Å². The van der Waals surface area contributed by atoms with E-state index in [1.807, 2.05) is 6.92 Å². The number of nitrogens with zero attached hydrogens (tertiary/aromatic N) is 2. The van der Waals surface area contributed by atoms with Crippen LogP contribution in [0.1, 0.15) is 26.2 Å². The van der Waals surface area contributed by atoms with Crippen LogP contribution in [0.3, 0.4) is 0 Å². The number of amidine groups is 1. The van der Waals surface area contributed by atoms with Crippen molar-refractivity contribution in [2.45, 2.75) is 32.2 Å². The highest BCUT2D eigenvalue weighted by atomic mass is 16.4. The molecular formula is C10H20N4O2. The van der Waals surface area contributed by atoms with E-state index >= 15 is 0 Å². The highest BCUT2D eigenvalue weighted by molar-refractivity contribution is 5.84. The molecule has 2 amide bonds. The van der Waals surface area contributed by atoms with Gasteiger partial charge in [-0.2, -0.15) is 0 Å². The summed E-state index contributed by atoms with van der Waals surface area (Å²) in [4.78, 5) is 13.3. The standard InChI is InChI=1S/C10H20N4O2/c1-3-14(2)10(15)12-8-6-4-5-7(8)9(11)13-16/h7-8,16H,3-6H2,1-2H3,(H2,11,13)(H,12,15). The molecule has 16 heavy (non-hydrogen) atoms. The Kier molecular flexibility index (Phi) is 4.39. The van der Waals surface area contributed by atoms with E-state index < -0.39 is 0 Å². The van der Waals surface area contributed by atoms with E-state index in [9.17, 15) is 4.79 Å². The molecule has 92 valence electrons. The molecule has 6 heteroatoms. The lowest BCUT2D eigenvalue weighted by molar-refractivity contribution is 0.205. The van der Waals surface area contributed by atoms with Gasteiger partial charge < -0.3 is 21.2 Å². The van der Waals surface area contributed by atoms with Crippen LogP contribution in [0.5, 0.6) is 0 Å². The molecule has 0 saturated heterocycles. The SMILES string of the molecule is CCN(C)C(=O)NC1CCCC1C(N)=NO. The predicted molar refractivity (Wildman–Crippen MR) is 61.4 cm³/mol. The van der Waals surface area contributed by atoms with Crippen LogP contribution in [0.15, 0.2) is 5.16 Å². The highest BCUT2D eigenvalue weighted by Crippen LogP contribution is 2.25. The van der Waals surface area contributed by atoms with Crippen molar-refractivity contribution in [1.29, 1.82) is 0 Å². The third-order valence-electron chi connectivity index (χ3n) is 3.14. The van der Waals surface area contributed by atoms with Crippen molar-refractivity contribution in [3.8, 4) is 0 Å². The van der Waals surface area contributed by atoms with Gasteiger partial charge in [-0.1, -0.05) is 11.6 Å². The molecule has 0 aliphatic heterocycles. The van der Waals surface area contributed by atoms with Gasteiger partial charge in [-0.05, 0) is 19.8 Å². The summed E-state index contributed by atoms with van der Waals surface area (Å²) in [7, 11) is 1.74. The minimum atomic E-state index is -0.106. The first-order valence-corrected chi connectivity index (χ1v) is 5.59. The first-order valence-electron chi connectivity index (χ1n) is 5.59. The van der Waals surface area contributed by atoms with E-state index in [-0.39, 0.29) is 23.8 Å². The molecule has 0 heterocycles. The molecule has 0 spiro atoms. The summed E-state index contributed by atoms with van der Waals surface area (Å²) in [5.74, 6) is 0.168. The van der Waals surface area contributed by atoms with Crippen LogP contribution in [-0.2, 0) is 0 Å². The number of oxime groups is 1. The fourth-order valence-electron chi connectivity index (χ4n) is 1.97. The molecule has 2 unspecified atom stereocenters. The summed E-state index contributed by atoms with van der Waals surface area (Å²) in [5, 5.41) is 14.6. The van der Waals surface area contributed by atoms with Gasteiger partial charge in [0.15, 0.2) is 0 Å². The van der Waals surface area contributed by atoms with Gasteiger partial charge >= 0.3 is 6.03 Å². The second-order valence-electron chi connectivity index (χ2n) is 4.13. The molecule has 0 aromatic heterocycles. The van der Waals surface area contributed by atoms with Gasteiger partial charge in [0, 0.05) is 25.6 Å². The van der Waals surface area contributed by atoms with E-state index in [0.29, 0.717) is 6.54 Å². The van der Waals surface area contributed by atoms with E-state index in [1.54, 1.807) is 11.9 Å². The summed E-state index contributed by atoms with van der Waals surface area (Å²) in [5.41, 5.74) is 5.59. The largest absolute Gasteiger partial charge is 0.409 e. The van der Waals surface area contributed by atoms with Crippen molar-refractivity contribution in [2.24, 2.45) is 16.8 Å². The number of nitrogens with two attached hydrogens (primary N) is 1. The van der Waals surface area contributed by atoms with Crippen LogP contribution < -0.4 is 11.1 Å². The molecule has 4 N–H and O–H groups in total. The van der Waals surface area contributed by atoms with Gasteiger partial charge in [0.05, 0.1) is 0 Å². The van der Waals surface area contributed by atoms with Gasteiger partial charge in [0.25, 0.3) is 0 Å². The normalized spacial score (nSPS) is 25.5. The van der Waals surface area contributed by atoms with Gasteiger partial charge in [0.2, 0.25) is 0 Å². The maximum absolute atomic E-state index is 11.7. The van der Waals surface area contributed by atoms with E-state index in [0.717, 1.165) is 19.3 Å². The van der Waals surface area contributed by atoms with Crippen LogP contribution in [0.25, 0.3) is 0 Å². The van der Waals surface area contributed by atoms with E-state index in [1.165, 1.54) is 0 Å². The Bertz CT molecular complexity index is 280. The number of urea groups is 1. The third kappa shape index (κ3) is 2.77. The Morgan fingerprint density at radius 1 is 1.62 bits per heavy atom. The van der Waals surface area contributed by atoms with Crippen LogP contribution in [0.4, 0.5) is 4.79 Å². The van der Waals surface area contributed by atoms with Crippen molar-refractivity contribution in [2.75, 3.05) is 13.6 Å². The lowest BCUT2D eigenvalue weighted by atomic mass is 10.0. The quantitative estimate of drug-likeness (QED) is 0.285. The molecule has 0 aromatic carbocycles. The van der Waals surface area contributed by atoms with Crippen LogP contribution in [0, 0.1) is 5.92 Å². The average molecular weight is 228 g/mol. The maximum Gasteiger partial charge on any atom is 0.317 e. The summed E-state index contributed by atoms with van der Waals surface area (Å²) < 4.78 is 0. The first kappa shape index (κ1) is 12.6. The second-order valence-corrected chi connectivity index (χ2v) is 4.13. The Labute approximate surface area is 95.5 Å². The van der Waals surface area contributed by atoms with Crippen molar-refractivity contribution < 1.29 is 10.0 Å². The average Bonchev–Trinajstić information content (AvgIpc) is 2.74. The number of hydrogen-bond acceptors (Lipinski definition) is 3. The smallest absolute Gasteiger partial charge is 0.317 e. The topological polar surface area (TPSA) is 91.0 Å². The Hall–Kier alpha value is -1.46. The summed E-state index contributed by atoms with van der Waals surface area (Å²) in [6.07, 6.45) is 2.72. The van der Waals surface area contributed by atoms with Crippen LogP contribution in [-0.4, -0.2) is 41.6 Å². The second kappa shape index (κ2) is 5.58. The summed E-state index contributed by atoms with van der Waals surface area (Å²) >= 11 is 0. The molecule has 1 fully saturated rings. The molecule has 1 saturated carbocycles. The molecule has 0 radical (unpaired) electrons. The highest BCUT2D eigenvalue weighted by Gasteiger charge is 2.32. The van der Waals surface area contributed by atoms with Crippen LogP contribution >= 0.6 is 0 Å². The molecule has 0 aromatic rings. The summed E-state index contributed by atoms with van der Waals surface area (Å²) in [6, 6.07) is -0.123. The summed E-state index contributed by atoms with van der Waals surface area (Å²) in [6.45, 7) is 2.57. The third-order valence-corrected chi connectivity index (χ3v) is 3.14. The molecule has 0 bridgehead atoms. The molecular weight excluding hydrogens is 208 g/mol. The number of rotatable bonds is 3. The zero-order chi connectivity index (χ0) is 12.1. The van der Waals surface area contributed by atoms with E-state index in [2.05, 4.69) is 10.5 Å². The molecule has 1 aliphatic carbocycles. The Morgan fingerprint density at radius 3 is 2.88 bits per heavy atom. The van der Waals surface area contributed by atoms with Crippen molar-refractivity contribution >= 4 is 11.9 Å². The van der Waals surface area contributed by atoms with Crippen LogP contribution in [0.2, 0.25) is 0 Å². The van der Waals surface area contributed by atoms with Crippen molar-refractivity contribution in [3.05, 3.63) is 0 Å². The van der Waals surface area contributed by atoms with Gasteiger partial charge in [-0.3, -0.25) is 0 Å². The number of nitrogens with one attached hydrogen (secondary N) is 1. The first-order chi connectivity index (χ1) is 7.60. The number of carbonyl (C=O) groups is 1. The monoisotopic (exact) mass is 228 g/mol. The molecule has 1 aliphatic rings. The predicted octanol–water partition coefficient (Wildman–Crippen LogP) is 0.563. The van der Waals surface area contributed by atoms with E-state index in [4.69, 9.17) is 10.9 Å².